The summed E-state index contributed by atoms with van der Waals surface area (Å²) >= 11 is 12.1. The predicted molar refractivity (Wildman–Crippen MR) is 113 cm³/mol. The third-order valence-corrected chi connectivity index (χ3v) is 7.68. The van der Waals surface area contributed by atoms with E-state index in [0.717, 1.165) is 44.5 Å². The van der Waals surface area contributed by atoms with E-state index in [1.165, 1.54) is 25.7 Å². The number of rotatable bonds is 4. The molecule has 3 fully saturated rings. The molecule has 4 nitrogen and oxygen atoms in total. The Hall–Kier alpha value is -0.810. The van der Waals surface area contributed by atoms with Crippen LogP contribution in [0.3, 0.4) is 0 Å². The number of halogens is 2. The van der Waals surface area contributed by atoms with Crippen LogP contribution in [0.1, 0.15) is 50.5 Å². The third kappa shape index (κ3) is 4.21. The van der Waals surface area contributed by atoms with Crippen LogP contribution >= 0.6 is 23.2 Å². The largest absolute Gasteiger partial charge is 0.375 e. The van der Waals surface area contributed by atoms with E-state index in [4.69, 9.17) is 27.9 Å². The molecule has 2 heterocycles. The summed E-state index contributed by atoms with van der Waals surface area (Å²) in [7, 11) is 1.97. The maximum Gasteiger partial charge on any atom is 0.227 e. The first-order valence-corrected chi connectivity index (χ1v) is 11.3. The Bertz CT molecular complexity index is 714. The summed E-state index contributed by atoms with van der Waals surface area (Å²) in [6.45, 7) is 3.18. The van der Waals surface area contributed by atoms with Gasteiger partial charge in [-0.3, -0.25) is 9.69 Å². The molecule has 2 saturated heterocycles. The van der Waals surface area contributed by atoms with Gasteiger partial charge in [-0.1, -0.05) is 29.3 Å². The highest BCUT2D eigenvalue weighted by Gasteiger charge is 2.47. The summed E-state index contributed by atoms with van der Waals surface area (Å²) in [4.78, 5) is 17.7. The van der Waals surface area contributed by atoms with E-state index in [9.17, 15) is 4.79 Å². The molecular weight excluding hydrogens is 395 g/mol. The van der Waals surface area contributed by atoms with Gasteiger partial charge in [0.05, 0.1) is 22.1 Å². The molecule has 1 spiro atoms. The number of amides is 1. The van der Waals surface area contributed by atoms with Crippen LogP contribution in [0.25, 0.3) is 0 Å². The second-order valence-electron chi connectivity index (χ2n) is 8.69. The summed E-state index contributed by atoms with van der Waals surface area (Å²) in [5.41, 5.74) is 0.965. The second kappa shape index (κ2) is 8.51. The van der Waals surface area contributed by atoms with Crippen LogP contribution < -0.4 is 0 Å². The Balaban J connectivity index is 1.48. The Morgan fingerprint density at radius 1 is 1.21 bits per heavy atom. The van der Waals surface area contributed by atoms with Crippen LogP contribution in [0.2, 0.25) is 10.0 Å². The van der Waals surface area contributed by atoms with Gasteiger partial charge in [0.25, 0.3) is 0 Å². The lowest BCUT2D eigenvalue weighted by molar-refractivity contribution is -0.136. The van der Waals surface area contributed by atoms with Gasteiger partial charge in [-0.25, -0.2) is 0 Å². The van der Waals surface area contributed by atoms with Crippen molar-refractivity contribution in [2.24, 2.45) is 0 Å². The monoisotopic (exact) mass is 424 g/mol. The van der Waals surface area contributed by atoms with Crippen molar-refractivity contribution in [1.82, 2.24) is 9.80 Å². The zero-order chi connectivity index (χ0) is 19.7. The number of hydrogen-bond donors (Lipinski definition) is 0. The number of carbonyl (C=O) groups is 1. The zero-order valence-corrected chi connectivity index (χ0v) is 18.1. The highest BCUT2D eigenvalue weighted by Crippen LogP contribution is 2.43. The Kier molecular flexibility index (Phi) is 6.22. The maximum atomic E-state index is 13.1. The molecule has 3 aliphatic rings. The summed E-state index contributed by atoms with van der Waals surface area (Å²) in [6.07, 6.45) is 8.36. The average molecular weight is 425 g/mol. The van der Waals surface area contributed by atoms with Crippen LogP contribution in [0.4, 0.5) is 0 Å². The Labute approximate surface area is 178 Å². The van der Waals surface area contributed by atoms with E-state index in [2.05, 4.69) is 4.90 Å². The minimum Gasteiger partial charge on any atom is -0.375 e. The quantitative estimate of drug-likeness (QED) is 0.709. The van der Waals surface area contributed by atoms with Crippen LogP contribution in [0.5, 0.6) is 0 Å². The molecular formula is C22H30Cl2N2O2. The fourth-order valence-electron chi connectivity index (χ4n) is 5.37. The minimum atomic E-state index is 0.0529. The third-order valence-electron chi connectivity index (χ3n) is 6.95. The lowest BCUT2D eigenvalue weighted by Crippen LogP contribution is -2.58. The number of ether oxygens (including phenoxy) is 1. The molecule has 28 heavy (non-hydrogen) atoms. The standard InChI is InChI=1S/C22H30Cl2N2O2/c1-25(21(27)14-16-5-6-17(23)18(24)13-16)19-7-9-22(8-4-12-28-22)15-20(19)26-10-2-3-11-26/h5-6,13,19-20H,2-4,7-12,14-15H2,1H3/t19-,20-,22+/m0/s1. The van der Waals surface area contributed by atoms with E-state index >= 15 is 0 Å². The number of likely N-dealkylation sites (N-methyl/N-ethyl adjacent to an activating group) is 1. The normalized spacial score (nSPS) is 30.8. The smallest absolute Gasteiger partial charge is 0.227 e. The molecule has 1 aromatic carbocycles. The highest BCUT2D eigenvalue weighted by atomic mass is 35.5. The van der Waals surface area contributed by atoms with Crippen LogP contribution in [0.15, 0.2) is 18.2 Å². The van der Waals surface area contributed by atoms with Gasteiger partial charge < -0.3 is 9.64 Å². The van der Waals surface area contributed by atoms with Crippen molar-refractivity contribution in [3.63, 3.8) is 0 Å². The molecule has 0 aromatic heterocycles. The van der Waals surface area contributed by atoms with Gasteiger partial charge in [0.1, 0.15) is 0 Å². The van der Waals surface area contributed by atoms with E-state index < -0.39 is 0 Å². The molecule has 0 unspecified atom stereocenters. The van der Waals surface area contributed by atoms with Crippen LogP contribution in [-0.2, 0) is 16.0 Å². The van der Waals surface area contributed by atoms with Gasteiger partial charge in [0, 0.05) is 25.7 Å². The van der Waals surface area contributed by atoms with E-state index in [1.54, 1.807) is 12.1 Å². The summed E-state index contributed by atoms with van der Waals surface area (Å²) in [5, 5.41) is 1.03. The van der Waals surface area contributed by atoms with Crippen LogP contribution in [0, 0.1) is 0 Å². The first kappa shape index (κ1) is 20.5. The van der Waals surface area contributed by atoms with Crippen molar-refractivity contribution in [3.8, 4) is 0 Å². The van der Waals surface area contributed by atoms with Gasteiger partial charge in [-0.2, -0.15) is 0 Å². The van der Waals surface area contributed by atoms with Crippen molar-refractivity contribution >= 4 is 29.1 Å². The number of benzene rings is 1. The van der Waals surface area contributed by atoms with Gasteiger partial charge in [0.15, 0.2) is 0 Å². The molecule has 4 rings (SSSR count). The first-order chi connectivity index (χ1) is 13.5. The molecule has 154 valence electrons. The van der Waals surface area contributed by atoms with Crippen molar-refractivity contribution < 1.29 is 9.53 Å². The van der Waals surface area contributed by atoms with Crippen molar-refractivity contribution in [2.45, 2.75) is 69.1 Å². The maximum absolute atomic E-state index is 13.1. The van der Waals surface area contributed by atoms with Crippen LogP contribution in [-0.4, -0.2) is 60.1 Å². The molecule has 2 aliphatic heterocycles. The zero-order valence-electron chi connectivity index (χ0n) is 16.6. The first-order valence-electron chi connectivity index (χ1n) is 10.6. The van der Waals surface area contributed by atoms with E-state index in [0.29, 0.717) is 22.5 Å². The molecule has 1 saturated carbocycles. The van der Waals surface area contributed by atoms with Gasteiger partial charge in [-0.05, 0) is 75.7 Å². The number of likely N-dealkylation sites (tertiary alicyclic amines) is 1. The SMILES string of the molecule is CN(C(=O)Cc1ccc(Cl)c(Cl)c1)[C@H]1CC[C@]2(CCCO2)C[C@@H]1N1CCCC1. The Morgan fingerprint density at radius 3 is 2.68 bits per heavy atom. The van der Waals surface area contributed by atoms with E-state index in [1.807, 2.05) is 18.0 Å². The van der Waals surface area contributed by atoms with Crippen molar-refractivity contribution in [2.75, 3.05) is 26.7 Å². The van der Waals surface area contributed by atoms with E-state index in [-0.39, 0.29) is 17.6 Å². The number of nitrogens with zero attached hydrogens (tertiary/aromatic N) is 2. The summed E-state index contributed by atoms with van der Waals surface area (Å²) < 4.78 is 6.22. The molecule has 0 radical (unpaired) electrons. The fraction of sp³-hybridized carbons (Fsp3) is 0.682. The highest BCUT2D eigenvalue weighted by molar-refractivity contribution is 6.42. The van der Waals surface area contributed by atoms with Gasteiger partial charge in [0.2, 0.25) is 5.91 Å². The molecule has 1 aromatic rings. The lowest BCUT2D eigenvalue weighted by atomic mass is 9.76. The summed E-state index contributed by atoms with van der Waals surface area (Å²) in [6, 6.07) is 6.11. The predicted octanol–water partition coefficient (Wildman–Crippen LogP) is 4.56. The molecule has 0 bridgehead atoms. The second-order valence-corrected chi connectivity index (χ2v) is 9.50. The number of carbonyl (C=O) groups excluding carboxylic acids is 1. The summed E-state index contributed by atoms with van der Waals surface area (Å²) in [5.74, 6) is 0.149. The number of hydrogen-bond acceptors (Lipinski definition) is 3. The average Bonchev–Trinajstić information content (AvgIpc) is 3.37. The molecule has 0 N–H and O–H groups in total. The Morgan fingerprint density at radius 2 is 2.00 bits per heavy atom. The molecule has 3 atom stereocenters. The van der Waals surface area contributed by atoms with Crippen molar-refractivity contribution in [3.05, 3.63) is 33.8 Å². The minimum absolute atomic E-state index is 0.0529. The molecule has 1 amide bonds. The molecule has 6 heteroatoms. The molecule has 1 aliphatic carbocycles. The fourth-order valence-corrected chi connectivity index (χ4v) is 5.69. The topological polar surface area (TPSA) is 32.8 Å². The van der Waals surface area contributed by atoms with Gasteiger partial charge in [-0.15, -0.1) is 0 Å². The van der Waals surface area contributed by atoms with Crippen molar-refractivity contribution in [1.29, 1.82) is 0 Å². The van der Waals surface area contributed by atoms with Gasteiger partial charge >= 0.3 is 0 Å². The lowest BCUT2D eigenvalue weighted by Gasteiger charge is -2.48.